The fourth-order valence-electron chi connectivity index (χ4n) is 1.03. The molecular formula is C9H14N2OS. The van der Waals surface area contributed by atoms with Crippen molar-refractivity contribution in [3.8, 4) is 0 Å². The molecule has 3 nitrogen and oxygen atoms in total. The molecule has 0 aliphatic rings. The van der Waals surface area contributed by atoms with Crippen LogP contribution in [0.2, 0.25) is 0 Å². The maximum atomic E-state index is 11.3. The number of rotatable bonds is 5. The summed E-state index contributed by atoms with van der Waals surface area (Å²) in [5, 5.41) is 4.15. The number of hydrogen-bond acceptors (Lipinski definition) is 3. The van der Waals surface area contributed by atoms with Gasteiger partial charge in [-0.15, -0.1) is 0 Å². The number of hydrogen-bond donors (Lipinski definition) is 0. The lowest BCUT2D eigenvalue weighted by Gasteiger charge is -1.95. The first-order valence-electron chi connectivity index (χ1n) is 4.30. The van der Waals surface area contributed by atoms with Crippen molar-refractivity contribution in [3.05, 3.63) is 18.0 Å². The van der Waals surface area contributed by atoms with Gasteiger partial charge in [-0.3, -0.25) is 9.48 Å². The Bertz CT molecular complexity index is 283. The molecule has 1 heterocycles. The van der Waals surface area contributed by atoms with Gasteiger partial charge in [-0.25, -0.2) is 0 Å². The minimum atomic E-state index is 0.255. The fraction of sp³-hybridized carbons (Fsp3) is 0.556. The first-order valence-corrected chi connectivity index (χ1v) is 5.45. The summed E-state index contributed by atoms with van der Waals surface area (Å²) in [6.45, 7) is 2.05. The van der Waals surface area contributed by atoms with Crippen molar-refractivity contribution in [2.24, 2.45) is 7.05 Å². The smallest absolute Gasteiger partial charge is 0.148 e. The highest BCUT2D eigenvalue weighted by atomic mass is 32.2. The molecule has 72 valence electrons. The summed E-state index contributed by atoms with van der Waals surface area (Å²) in [6, 6.07) is 1.88. The van der Waals surface area contributed by atoms with Crippen molar-refractivity contribution in [2.45, 2.75) is 13.3 Å². The number of nitrogens with zero attached hydrogens (tertiary/aromatic N) is 2. The minimum absolute atomic E-state index is 0.255. The van der Waals surface area contributed by atoms with E-state index in [1.807, 2.05) is 19.3 Å². The highest BCUT2D eigenvalue weighted by Gasteiger charge is 2.05. The number of carbonyl (C=O) groups excluding carboxylic acids is 1. The van der Waals surface area contributed by atoms with Crippen molar-refractivity contribution in [1.29, 1.82) is 0 Å². The van der Waals surface area contributed by atoms with Crippen LogP contribution in [0.25, 0.3) is 0 Å². The van der Waals surface area contributed by atoms with E-state index in [1.165, 1.54) is 0 Å². The van der Waals surface area contributed by atoms with Crippen molar-refractivity contribution in [2.75, 3.05) is 11.5 Å². The fourth-order valence-corrected chi connectivity index (χ4v) is 1.56. The molecule has 1 rings (SSSR count). The molecule has 0 aliphatic carbocycles. The Hall–Kier alpha value is -0.770. The number of carbonyl (C=O) groups is 1. The second-order valence-corrected chi connectivity index (χ2v) is 4.11. The second-order valence-electron chi connectivity index (χ2n) is 2.83. The van der Waals surface area contributed by atoms with E-state index in [0.29, 0.717) is 12.2 Å². The maximum Gasteiger partial charge on any atom is 0.148 e. The van der Waals surface area contributed by atoms with Gasteiger partial charge in [-0.05, 0) is 11.8 Å². The molecule has 0 fully saturated rings. The molecule has 1 aromatic rings. The summed E-state index contributed by atoms with van der Waals surface area (Å²) in [4.78, 5) is 11.3. The average Bonchev–Trinajstić information content (AvgIpc) is 2.48. The van der Waals surface area contributed by atoms with Gasteiger partial charge in [0, 0.05) is 13.2 Å². The van der Waals surface area contributed by atoms with Crippen LogP contribution in [-0.2, 0) is 18.3 Å². The third-order valence-corrected chi connectivity index (χ3v) is 2.55. The number of thioether (sulfide) groups is 1. The zero-order valence-corrected chi connectivity index (χ0v) is 8.80. The molecule has 0 spiro atoms. The molecule has 0 aliphatic heterocycles. The summed E-state index contributed by atoms with van der Waals surface area (Å²) >= 11 is 1.66. The van der Waals surface area contributed by atoms with Crippen molar-refractivity contribution >= 4 is 17.5 Å². The van der Waals surface area contributed by atoms with Crippen LogP contribution in [0.5, 0.6) is 0 Å². The number of Topliss-reactive ketones (excluding diaryl/α,β-unsaturated/α-hetero) is 1. The van der Waals surface area contributed by atoms with Crippen LogP contribution in [0, 0.1) is 0 Å². The quantitative estimate of drug-likeness (QED) is 0.715. The normalized spacial score (nSPS) is 10.3. The Morgan fingerprint density at radius 1 is 1.69 bits per heavy atom. The third kappa shape index (κ3) is 3.63. The Labute approximate surface area is 82.5 Å². The summed E-state index contributed by atoms with van der Waals surface area (Å²) in [5.41, 5.74) is 0.865. The highest BCUT2D eigenvalue weighted by molar-refractivity contribution is 7.99. The van der Waals surface area contributed by atoms with Crippen LogP contribution >= 0.6 is 11.8 Å². The van der Waals surface area contributed by atoms with E-state index in [9.17, 15) is 4.79 Å². The predicted octanol–water partition coefficient (Wildman–Crippen LogP) is 1.28. The lowest BCUT2D eigenvalue weighted by Crippen LogP contribution is -2.06. The topological polar surface area (TPSA) is 34.9 Å². The number of aromatic nitrogens is 2. The molecular weight excluding hydrogens is 184 g/mol. The summed E-state index contributed by atoms with van der Waals surface area (Å²) in [7, 11) is 1.86. The molecule has 0 saturated heterocycles. The van der Waals surface area contributed by atoms with Gasteiger partial charge in [0.15, 0.2) is 0 Å². The van der Waals surface area contributed by atoms with Crippen LogP contribution in [-0.4, -0.2) is 27.1 Å². The van der Waals surface area contributed by atoms with E-state index in [-0.39, 0.29) is 5.78 Å². The van der Waals surface area contributed by atoms with Crippen LogP contribution in [0.15, 0.2) is 12.3 Å². The molecule has 4 heteroatoms. The van der Waals surface area contributed by atoms with Gasteiger partial charge in [-0.1, -0.05) is 6.92 Å². The summed E-state index contributed by atoms with van der Waals surface area (Å²) in [5.74, 6) is 1.85. The molecule has 0 unspecified atom stereocenters. The van der Waals surface area contributed by atoms with Crippen molar-refractivity contribution in [3.63, 3.8) is 0 Å². The van der Waals surface area contributed by atoms with Crippen LogP contribution in [0.1, 0.15) is 12.6 Å². The van der Waals surface area contributed by atoms with Crippen LogP contribution < -0.4 is 0 Å². The zero-order chi connectivity index (χ0) is 9.68. The Morgan fingerprint density at radius 3 is 3.00 bits per heavy atom. The summed E-state index contributed by atoms with van der Waals surface area (Å²) in [6.07, 6.45) is 2.32. The number of aryl methyl sites for hydroxylation is 1. The van der Waals surface area contributed by atoms with E-state index in [1.54, 1.807) is 16.4 Å². The predicted molar refractivity (Wildman–Crippen MR) is 54.9 cm³/mol. The highest BCUT2D eigenvalue weighted by Crippen LogP contribution is 2.02. The van der Waals surface area contributed by atoms with Gasteiger partial charge in [0.1, 0.15) is 5.78 Å². The van der Waals surface area contributed by atoms with E-state index in [0.717, 1.165) is 11.4 Å². The molecule has 0 aromatic carbocycles. The van der Waals surface area contributed by atoms with Gasteiger partial charge >= 0.3 is 0 Å². The van der Waals surface area contributed by atoms with E-state index in [2.05, 4.69) is 12.0 Å². The van der Waals surface area contributed by atoms with E-state index in [4.69, 9.17) is 0 Å². The van der Waals surface area contributed by atoms with Gasteiger partial charge in [0.2, 0.25) is 0 Å². The molecule has 0 amide bonds. The lowest BCUT2D eigenvalue weighted by atomic mass is 10.2. The molecule has 0 saturated carbocycles. The number of ketones is 1. The molecule has 0 atom stereocenters. The average molecular weight is 198 g/mol. The monoisotopic (exact) mass is 198 g/mol. The first-order chi connectivity index (χ1) is 6.22. The first kappa shape index (κ1) is 10.3. The van der Waals surface area contributed by atoms with Crippen molar-refractivity contribution < 1.29 is 4.79 Å². The Balaban J connectivity index is 2.36. The second kappa shape index (κ2) is 5.07. The molecule has 0 bridgehead atoms. The van der Waals surface area contributed by atoms with Gasteiger partial charge in [0.05, 0.1) is 17.9 Å². The molecule has 1 aromatic heterocycles. The minimum Gasteiger partial charge on any atom is -0.298 e. The molecule has 0 radical (unpaired) electrons. The van der Waals surface area contributed by atoms with Crippen molar-refractivity contribution in [1.82, 2.24) is 9.78 Å². The Kier molecular flexibility index (Phi) is 4.02. The third-order valence-electron chi connectivity index (χ3n) is 1.61. The summed E-state index contributed by atoms with van der Waals surface area (Å²) < 4.78 is 1.72. The van der Waals surface area contributed by atoms with Crippen LogP contribution in [0.3, 0.4) is 0 Å². The van der Waals surface area contributed by atoms with E-state index < -0.39 is 0 Å². The molecule has 13 heavy (non-hydrogen) atoms. The lowest BCUT2D eigenvalue weighted by molar-refractivity contribution is -0.116. The SMILES string of the molecule is CCSCC(=O)Cc1ccn(C)n1. The van der Waals surface area contributed by atoms with Gasteiger partial charge in [-0.2, -0.15) is 16.9 Å². The van der Waals surface area contributed by atoms with E-state index >= 15 is 0 Å². The van der Waals surface area contributed by atoms with Gasteiger partial charge < -0.3 is 0 Å². The maximum absolute atomic E-state index is 11.3. The Morgan fingerprint density at radius 2 is 2.46 bits per heavy atom. The largest absolute Gasteiger partial charge is 0.298 e. The van der Waals surface area contributed by atoms with Gasteiger partial charge in [0.25, 0.3) is 0 Å². The standard InChI is InChI=1S/C9H14N2OS/c1-3-13-7-9(12)6-8-4-5-11(2)10-8/h4-5H,3,6-7H2,1-2H3. The molecule has 0 N–H and O–H groups in total. The zero-order valence-electron chi connectivity index (χ0n) is 7.99. The van der Waals surface area contributed by atoms with Crippen LogP contribution in [0.4, 0.5) is 0 Å².